The molecule has 4 aromatic rings. The number of aromatic nitrogens is 3. The Morgan fingerprint density at radius 2 is 1.72 bits per heavy atom. The van der Waals surface area contributed by atoms with Gasteiger partial charge in [0, 0.05) is 21.4 Å². The van der Waals surface area contributed by atoms with Gasteiger partial charge in [0.1, 0.15) is 22.9 Å². The van der Waals surface area contributed by atoms with E-state index >= 15 is 0 Å². The lowest BCUT2D eigenvalue weighted by Crippen LogP contribution is -2.00. The van der Waals surface area contributed by atoms with Crippen LogP contribution in [0.2, 0.25) is 0 Å². The molecule has 0 aliphatic carbocycles. The number of hydrogen-bond donors (Lipinski definition) is 0. The Morgan fingerprint density at radius 1 is 0.938 bits per heavy atom. The molecule has 0 spiro atoms. The summed E-state index contributed by atoms with van der Waals surface area (Å²) in [5.74, 6) is 1.01. The zero-order valence-corrected chi connectivity index (χ0v) is 18.6. The minimum atomic E-state index is -0.355. The third-order valence-electron chi connectivity index (χ3n) is 4.79. The number of ether oxygens (including phenoxy) is 3. The lowest BCUT2D eigenvalue weighted by molar-refractivity contribution is 0.0600. The van der Waals surface area contributed by atoms with Crippen LogP contribution in [0, 0.1) is 0 Å². The van der Waals surface area contributed by atoms with E-state index in [9.17, 15) is 4.79 Å². The van der Waals surface area contributed by atoms with Crippen LogP contribution in [0.1, 0.15) is 10.4 Å². The van der Waals surface area contributed by atoms with Gasteiger partial charge < -0.3 is 14.2 Å². The van der Waals surface area contributed by atoms with Crippen LogP contribution in [0.15, 0.2) is 82.7 Å². The first-order valence-corrected chi connectivity index (χ1v) is 10.5. The molecule has 0 aliphatic rings. The molecule has 1 aromatic heterocycles. The minimum absolute atomic E-state index is 0.355. The monoisotopic (exact) mass is 447 g/mol. The van der Waals surface area contributed by atoms with Gasteiger partial charge in [-0.25, -0.2) is 9.48 Å². The Balaban J connectivity index is 1.64. The topological polar surface area (TPSA) is 75.5 Å². The highest BCUT2D eigenvalue weighted by atomic mass is 32.2. The number of esters is 1. The van der Waals surface area contributed by atoms with Gasteiger partial charge >= 0.3 is 5.97 Å². The van der Waals surface area contributed by atoms with Crippen LogP contribution in [0.5, 0.6) is 11.5 Å². The van der Waals surface area contributed by atoms with Crippen molar-refractivity contribution >= 4 is 17.7 Å². The van der Waals surface area contributed by atoms with E-state index in [2.05, 4.69) is 10.3 Å². The molecule has 32 heavy (non-hydrogen) atoms. The second-order valence-electron chi connectivity index (χ2n) is 6.70. The van der Waals surface area contributed by atoms with E-state index in [-0.39, 0.29) is 5.97 Å². The highest BCUT2D eigenvalue weighted by Gasteiger charge is 2.14. The van der Waals surface area contributed by atoms with Crippen LogP contribution in [0.4, 0.5) is 0 Å². The van der Waals surface area contributed by atoms with Crippen molar-refractivity contribution in [3.63, 3.8) is 0 Å². The fraction of sp³-hybridized carbons (Fsp3) is 0.125. The van der Waals surface area contributed by atoms with E-state index in [4.69, 9.17) is 14.2 Å². The maximum atomic E-state index is 11.7. The summed E-state index contributed by atoms with van der Waals surface area (Å²) >= 11 is 1.58. The van der Waals surface area contributed by atoms with Crippen LogP contribution < -0.4 is 9.47 Å². The predicted octanol–water partition coefficient (Wildman–Crippen LogP) is 4.89. The molecule has 0 saturated heterocycles. The third-order valence-corrected chi connectivity index (χ3v) is 5.88. The molecule has 0 amide bonds. The number of methoxy groups -OCH3 is 3. The van der Waals surface area contributed by atoms with Gasteiger partial charge in [-0.1, -0.05) is 35.2 Å². The Bertz CT molecular complexity index is 1240. The van der Waals surface area contributed by atoms with E-state index in [1.165, 1.54) is 7.11 Å². The molecule has 8 heteroatoms. The number of benzene rings is 3. The van der Waals surface area contributed by atoms with Gasteiger partial charge in [-0.15, -0.1) is 5.10 Å². The van der Waals surface area contributed by atoms with E-state index in [0.29, 0.717) is 17.1 Å². The van der Waals surface area contributed by atoms with E-state index in [1.807, 2.05) is 60.8 Å². The van der Waals surface area contributed by atoms with Crippen LogP contribution >= 0.6 is 11.8 Å². The molecular formula is C24H21N3O4S. The van der Waals surface area contributed by atoms with Crippen molar-refractivity contribution in [2.24, 2.45) is 0 Å². The fourth-order valence-electron chi connectivity index (χ4n) is 3.15. The first-order chi connectivity index (χ1) is 15.6. The van der Waals surface area contributed by atoms with Gasteiger partial charge in [-0.05, 0) is 42.5 Å². The SMILES string of the molecule is COC(=O)c1ccc(Sc2ccccc2-c2cn(-c3cc(OC)ccc3OC)nn2)cc1. The molecule has 0 radical (unpaired) electrons. The van der Waals surface area contributed by atoms with Gasteiger partial charge in [0.05, 0.1) is 33.1 Å². The Hall–Kier alpha value is -3.78. The van der Waals surface area contributed by atoms with Crippen LogP contribution in [-0.2, 0) is 4.74 Å². The fourth-order valence-corrected chi connectivity index (χ4v) is 4.11. The number of rotatable bonds is 7. The number of carbonyl (C=O) groups excluding carboxylic acids is 1. The molecule has 0 fully saturated rings. The normalized spacial score (nSPS) is 10.6. The molecular weight excluding hydrogens is 426 g/mol. The van der Waals surface area contributed by atoms with Gasteiger partial charge in [0.2, 0.25) is 0 Å². The van der Waals surface area contributed by atoms with Crippen molar-refractivity contribution in [1.82, 2.24) is 15.0 Å². The molecule has 0 N–H and O–H groups in total. The summed E-state index contributed by atoms with van der Waals surface area (Å²) in [5.41, 5.74) is 2.92. The van der Waals surface area contributed by atoms with Crippen molar-refractivity contribution < 1.29 is 19.0 Å². The van der Waals surface area contributed by atoms with Gasteiger partial charge in [-0.3, -0.25) is 0 Å². The summed E-state index contributed by atoms with van der Waals surface area (Å²) in [5, 5.41) is 8.69. The van der Waals surface area contributed by atoms with E-state index in [0.717, 1.165) is 26.7 Å². The van der Waals surface area contributed by atoms with Crippen LogP contribution in [0.3, 0.4) is 0 Å². The molecule has 1 heterocycles. The zero-order chi connectivity index (χ0) is 22.5. The Kier molecular flexibility index (Phi) is 6.42. The van der Waals surface area contributed by atoms with Crippen molar-refractivity contribution in [2.45, 2.75) is 9.79 Å². The molecule has 0 bridgehead atoms. The molecule has 4 rings (SSSR count). The highest BCUT2D eigenvalue weighted by molar-refractivity contribution is 7.99. The lowest BCUT2D eigenvalue weighted by atomic mass is 10.2. The molecule has 0 saturated carbocycles. The zero-order valence-electron chi connectivity index (χ0n) is 17.8. The molecule has 3 aromatic carbocycles. The average molecular weight is 448 g/mol. The van der Waals surface area contributed by atoms with Crippen molar-refractivity contribution in [3.05, 3.63) is 78.5 Å². The Morgan fingerprint density at radius 3 is 2.44 bits per heavy atom. The maximum absolute atomic E-state index is 11.7. The highest BCUT2D eigenvalue weighted by Crippen LogP contribution is 2.36. The maximum Gasteiger partial charge on any atom is 0.337 e. The first-order valence-electron chi connectivity index (χ1n) is 9.73. The summed E-state index contributed by atoms with van der Waals surface area (Å²) in [6, 6.07) is 20.8. The summed E-state index contributed by atoms with van der Waals surface area (Å²) in [6.45, 7) is 0. The Labute approximate surface area is 189 Å². The molecule has 0 aliphatic heterocycles. The van der Waals surface area contributed by atoms with E-state index < -0.39 is 0 Å². The standard InChI is InChI=1S/C24H21N3O4S/c1-29-17-10-13-22(30-2)21(14-17)27-15-20(25-26-27)19-6-4-5-7-23(19)32-18-11-8-16(9-12-18)24(28)31-3/h4-15H,1-3H3. The summed E-state index contributed by atoms with van der Waals surface area (Å²) in [7, 11) is 4.60. The quantitative estimate of drug-likeness (QED) is 0.373. The predicted molar refractivity (Wildman–Crippen MR) is 122 cm³/mol. The van der Waals surface area contributed by atoms with Crippen molar-refractivity contribution in [1.29, 1.82) is 0 Å². The molecule has 0 atom stereocenters. The van der Waals surface area contributed by atoms with Crippen LogP contribution in [-0.4, -0.2) is 42.3 Å². The summed E-state index contributed by atoms with van der Waals surface area (Å²) in [4.78, 5) is 13.7. The second-order valence-corrected chi connectivity index (χ2v) is 7.82. The third kappa shape index (κ3) is 4.45. The van der Waals surface area contributed by atoms with Gasteiger partial charge in [0.15, 0.2) is 0 Å². The van der Waals surface area contributed by atoms with Gasteiger partial charge in [-0.2, -0.15) is 0 Å². The summed E-state index contributed by atoms with van der Waals surface area (Å²) < 4.78 is 17.2. The average Bonchev–Trinajstić information content (AvgIpc) is 3.34. The number of carbonyl (C=O) groups is 1. The minimum Gasteiger partial charge on any atom is -0.497 e. The molecule has 162 valence electrons. The second kappa shape index (κ2) is 9.57. The lowest BCUT2D eigenvalue weighted by Gasteiger charge is -2.09. The summed E-state index contributed by atoms with van der Waals surface area (Å²) in [6.07, 6.45) is 1.86. The number of hydrogen-bond acceptors (Lipinski definition) is 7. The van der Waals surface area contributed by atoms with Crippen molar-refractivity contribution in [3.8, 4) is 28.4 Å². The van der Waals surface area contributed by atoms with Gasteiger partial charge in [0.25, 0.3) is 0 Å². The molecule has 7 nitrogen and oxygen atoms in total. The smallest absolute Gasteiger partial charge is 0.337 e. The van der Waals surface area contributed by atoms with E-state index in [1.54, 1.807) is 42.8 Å². The number of nitrogens with zero attached hydrogens (tertiary/aromatic N) is 3. The molecule has 0 unspecified atom stereocenters. The largest absolute Gasteiger partial charge is 0.497 e. The first kappa shape index (κ1) is 21.5. The van der Waals surface area contributed by atoms with Crippen LogP contribution in [0.25, 0.3) is 16.9 Å². The van der Waals surface area contributed by atoms with Crippen molar-refractivity contribution in [2.75, 3.05) is 21.3 Å².